The average molecular weight is 339 g/mol. The topological polar surface area (TPSA) is 58.8 Å². The minimum atomic E-state index is -0.293. The number of amides is 1. The molecule has 5 heteroatoms. The van der Waals surface area contributed by atoms with Crippen LogP contribution in [-0.4, -0.2) is 39.2 Å². The van der Waals surface area contributed by atoms with E-state index in [1.807, 2.05) is 37.3 Å². The van der Waals surface area contributed by atoms with Gasteiger partial charge in [-0.3, -0.25) is 4.79 Å². The first-order valence-corrected chi connectivity index (χ1v) is 8.62. The van der Waals surface area contributed by atoms with Gasteiger partial charge in [-0.1, -0.05) is 24.3 Å². The summed E-state index contributed by atoms with van der Waals surface area (Å²) in [6, 6.07) is 16.3. The number of carbonyl (C=O) groups is 1. The molecular weight excluding hydrogens is 314 g/mol. The Hall–Kier alpha value is -2.69. The Labute approximate surface area is 149 Å². The van der Waals surface area contributed by atoms with Crippen molar-refractivity contribution >= 4 is 17.3 Å². The molecule has 0 bridgehead atoms. The molecule has 1 heterocycles. The summed E-state index contributed by atoms with van der Waals surface area (Å²) in [5, 5.41) is 0. The third kappa shape index (κ3) is 3.71. The van der Waals surface area contributed by atoms with Crippen molar-refractivity contribution in [1.82, 2.24) is 0 Å². The molecule has 3 rings (SSSR count). The number of piperazine rings is 1. The maximum absolute atomic E-state index is 11.4. The van der Waals surface area contributed by atoms with Crippen LogP contribution in [0, 0.1) is 0 Å². The van der Waals surface area contributed by atoms with Crippen LogP contribution in [0.1, 0.15) is 18.4 Å². The molecule has 0 radical (unpaired) electrons. The van der Waals surface area contributed by atoms with Crippen LogP contribution in [0.4, 0.5) is 11.4 Å². The molecule has 1 unspecified atom stereocenters. The van der Waals surface area contributed by atoms with E-state index in [9.17, 15) is 4.79 Å². The monoisotopic (exact) mass is 339 g/mol. The number of ether oxygens (including phenoxy) is 1. The summed E-state index contributed by atoms with van der Waals surface area (Å²) in [6.45, 7) is 5.55. The van der Waals surface area contributed by atoms with Crippen LogP contribution in [-0.2, 0) is 4.79 Å². The van der Waals surface area contributed by atoms with Gasteiger partial charge in [0.2, 0.25) is 5.91 Å². The molecule has 132 valence electrons. The molecule has 2 aromatic carbocycles. The van der Waals surface area contributed by atoms with Crippen molar-refractivity contribution in [2.24, 2.45) is 5.73 Å². The van der Waals surface area contributed by atoms with Gasteiger partial charge >= 0.3 is 0 Å². The molecule has 1 fully saturated rings. The van der Waals surface area contributed by atoms with Crippen molar-refractivity contribution in [3.05, 3.63) is 54.1 Å². The van der Waals surface area contributed by atoms with E-state index in [4.69, 9.17) is 10.5 Å². The van der Waals surface area contributed by atoms with E-state index >= 15 is 0 Å². The normalized spacial score (nSPS) is 15.8. The smallest absolute Gasteiger partial charge is 0.224 e. The minimum Gasteiger partial charge on any atom is -0.495 e. The lowest BCUT2D eigenvalue weighted by Crippen LogP contribution is -2.46. The van der Waals surface area contributed by atoms with Crippen molar-refractivity contribution in [3.8, 4) is 5.75 Å². The molecule has 0 spiro atoms. The highest BCUT2D eigenvalue weighted by Crippen LogP contribution is 2.29. The Bertz CT molecular complexity index is 739. The van der Waals surface area contributed by atoms with E-state index in [0.29, 0.717) is 0 Å². The number of anilines is 2. The highest BCUT2D eigenvalue weighted by Gasteiger charge is 2.20. The van der Waals surface area contributed by atoms with Gasteiger partial charge in [-0.25, -0.2) is 0 Å². The second-order valence-corrected chi connectivity index (χ2v) is 6.36. The number of nitrogens with zero attached hydrogens (tertiary/aromatic N) is 2. The van der Waals surface area contributed by atoms with Crippen molar-refractivity contribution in [2.75, 3.05) is 43.1 Å². The molecule has 1 saturated heterocycles. The van der Waals surface area contributed by atoms with Gasteiger partial charge in [0.05, 0.1) is 18.7 Å². The summed E-state index contributed by atoms with van der Waals surface area (Å²) < 4.78 is 5.48. The first kappa shape index (κ1) is 17.1. The Kier molecular flexibility index (Phi) is 5.12. The Balaban J connectivity index is 1.70. The summed E-state index contributed by atoms with van der Waals surface area (Å²) in [6.07, 6.45) is 0. The lowest BCUT2D eigenvalue weighted by Gasteiger charge is -2.38. The maximum Gasteiger partial charge on any atom is 0.224 e. The lowest BCUT2D eigenvalue weighted by atomic mass is 10.00. The first-order chi connectivity index (χ1) is 12.1. The standard InChI is InChI=1S/C20H25N3O2/c1-15(20(21)24)16-6-5-7-17(14-16)22-10-12-23(13-11-22)18-8-3-4-9-19(18)25-2/h3-9,14-15H,10-13H2,1-2H3,(H2,21,24). The van der Waals surface area contributed by atoms with Gasteiger partial charge in [0.15, 0.2) is 0 Å². The zero-order valence-corrected chi connectivity index (χ0v) is 14.8. The quantitative estimate of drug-likeness (QED) is 0.910. The zero-order valence-electron chi connectivity index (χ0n) is 14.8. The molecule has 1 aliphatic rings. The molecule has 2 N–H and O–H groups in total. The largest absolute Gasteiger partial charge is 0.495 e. The number of primary amides is 1. The van der Waals surface area contributed by atoms with Crippen LogP contribution in [0.15, 0.2) is 48.5 Å². The third-order valence-corrected chi connectivity index (χ3v) is 4.87. The SMILES string of the molecule is COc1ccccc1N1CCN(c2cccc(C(C)C(N)=O)c2)CC1. The van der Waals surface area contributed by atoms with E-state index < -0.39 is 0 Å². The zero-order chi connectivity index (χ0) is 17.8. The second kappa shape index (κ2) is 7.47. The molecule has 1 atom stereocenters. The molecule has 1 amide bonds. The van der Waals surface area contributed by atoms with Crippen molar-refractivity contribution in [3.63, 3.8) is 0 Å². The van der Waals surface area contributed by atoms with Gasteiger partial charge in [0, 0.05) is 31.9 Å². The highest BCUT2D eigenvalue weighted by molar-refractivity contribution is 5.81. The maximum atomic E-state index is 11.4. The number of para-hydroxylation sites is 2. The van der Waals surface area contributed by atoms with E-state index in [1.165, 1.54) is 0 Å². The summed E-state index contributed by atoms with van der Waals surface area (Å²) in [5.41, 5.74) is 8.69. The average Bonchev–Trinajstić information content (AvgIpc) is 2.67. The second-order valence-electron chi connectivity index (χ2n) is 6.36. The predicted molar refractivity (Wildman–Crippen MR) is 101 cm³/mol. The molecule has 1 aliphatic heterocycles. The van der Waals surface area contributed by atoms with Crippen LogP contribution >= 0.6 is 0 Å². The Morgan fingerprint density at radius 1 is 1.04 bits per heavy atom. The molecule has 0 aromatic heterocycles. The van der Waals surface area contributed by atoms with E-state index in [1.54, 1.807) is 7.11 Å². The van der Waals surface area contributed by atoms with Crippen molar-refractivity contribution < 1.29 is 9.53 Å². The van der Waals surface area contributed by atoms with Crippen LogP contribution in [0.2, 0.25) is 0 Å². The molecule has 5 nitrogen and oxygen atoms in total. The fourth-order valence-electron chi connectivity index (χ4n) is 3.25. The highest BCUT2D eigenvalue weighted by atomic mass is 16.5. The summed E-state index contributed by atoms with van der Waals surface area (Å²) in [7, 11) is 1.71. The van der Waals surface area contributed by atoms with Gasteiger partial charge < -0.3 is 20.3 Å². The van der Waals surface area contributed by atoms with Crippen molar-refractivity contribution in [2.45, 2.75) is 12.8 Å². The molecule has 25 heavy (non-hydrogen) atoms. The molecule has 0 aliphatic carbocycles. The van der Waals surface area contributed by atoms with Crippen molar-refractivity contribution in [1.29, 1.82) is 0 Å². The number of carbonyl (C=O) groups excluding carboxylic acids is 1. The molecule has 2 aromatic rings. The van der Waals surface area contributed by atoms with Gasteiger partial charge in [0.1, 0.15) is 5.75 Å². The number of benzene rings is 2. The number of rotatable bonds is 5. The molecular formula is C20H25N3O2. The summed E-state index contributed by atoms with van der Waals surface area (Å²) in [5.74, 6) is 0.348. The lowest BCUT2D eigenvalue weighted by molar-refractivity contribution is -0.119. The van der Waals surface area contributed by atoms with Crippen LogP contribution in [0.5, 0.6) is 5.75 Å². The third-order valence-electron chi connectivity index (χ3n) is 4.87. The van der Waals surface area contributed by atoms with Crippen LogP contribution in [0.3, 0.4) is 0 Å². The number of hydrogen-bond donors (Lipinski definition) is 1. The van der Waals surface area contributed by atoms with E-state index in [2.05, 4.69) is 28.0 Å². The fourth-order valence-corrected chi connectivity index (χ4v) is 3.25. The van der Waals surface area contributed by atoms with E-state index in [0.717, 1.165) is 48.9 Å². The minimum absolute atomic E-state index is 0.269. The van der Waals surface area contributed by atoms with Gasteiger partial charge in [-0.05, 0) is 36.8 Å². The fraction of sp³-hybridized carbons (Fsp3) is 0.350. The van der Waals surface area contributed by atoms with Gasteiger partial charge in [-0.15, -0.1) is 0 Å². The molecule has 0 saturated carbocycles. The number of hydrogen-bond acceptors (Lipinski definition) is 4. The first-order valence-electron chi connectivity index (χ1n) is 8.62. The summed E-state index contributed by atoms with van der Waals surface area (Å²) in [4.78, 5) is 16.1. The predicted octanol–water partition coefficient (Wildman–Crippen LogP) is 2.61. The summed E-state index contributed by atoms with van der Waals surface area (Å²) >= 11 is 0. The number of nitrogens with two attached hydrogens (primary N) is 1. The number of methoxy groups -OCH3 is 1. The Morgan fingerprint density at radius 2 is 1.72 bits per heavy atom. The van der Waals surface area contributed by atoms with Crippen LogP contribution < -0.4 is 20.3 Å². The van der Waals surface area contributed by atoms with Gasteiger partial charge in [0.25, 0.3) is 0 Å². The van der Waals surface area contributed by atoms with Crippen LogP contribution in [0.25, 0.3) is 0 Å². The Morgan fingerprint density at radius 3 is 2.40 bits per heavy atom. The van der Waals surface area contributed by atoms with E-state index in [-0.39, 0.29) is 11.8 Å². The van der Waals surface area contributed by atoms with Gasteiger partial charge in [-0.2, -0.15) is 0 Å².